The number of aryl methyl sites for hydroxylation is 1. The van der Waals surface area contributed by atoms with E-state index >= 15 is 0 Å². The molecule has 21 heavy (non-hydrogen) atoms. The van der Waals surface area contributed by atoms with E-state index in [0.29, 0.717) is 13.0 Å². The highest BCUT2D eigenvalue weighted by Crippen LogP contribution is 2.47. The largest absolute Gasteiger partial charge is 0.330 e. The van der Waals surface area contributed by atoms with Gasteiger partial charge in [-0.1, -0.05) is 25.0 Å². The molecule has 4 nitrogen and oxygen atoms in total. The monoisotopic (exact) mass is 286 g/mol. The first kappa shape index (κ1) is 14.3. The van der Waals surface area contributed by atoms with Gasteiger partial charge in [0.1, 0.15) is 0 Å². The fourth-order valence-electron chi connectivity index (χ4n) is 3.66. The smallest absolute Gasteiger partial charge is 0.240 e. The Labute approximate surface area is 125 Å². The maximum Gasteiger partial charge on any atom is 0.240 e. The third kappa shape index (κ3) is 2.48. The molecule has 4 heteroatoms. The van der Waals surface area contributed by atoms with E-state index in [9.17, 15) is 9.59 Å². The van der Waals surface area contributed by atoms with Gasteiger partial charge in [0, 0.05) is 6.42 Å². The van der Waals surface area contributed by atoms with Crippen molar-refractivity contribution >= 4 is 17.5 Å². The Morgan fingerprint density at radius 1 is 1.19 bits per heavy atom. The summed E-state index contributed by atoms with van der Waals surface area (Å²) in [5.74, 6) is -0.0288. The van der Waals surface area contributed by atoms with Crippen molar-refractivity contribution in [1.82, 2.24) is 0 Å². The zero-order valence-corrected chi connectivity index (χ0v) is 12.3. The molecule has 1 spiro atoms. The van der Waals surface area contributed by atoms with Crippen LogP contribution in [-0.4, -0.2) is 18.4 Å². The molecular formula is C17H22N2O2. The van der Waals surface area contributed by atoms with E-state index in [2.05, 4.69) is 0 Å². The summed E-state index contributed by atoms with van der Waals surface area (Å²) in [4.78, 5) is 26.5. The molecule has 0 unspecified atom stereocenters. The topological polar surface area (TPSA) is 63.4 Å². The van der Waals surface area contributed by atoms with Gasteiger partial charge in [0.15, 0.2) is 0 Å². The maximum atomic E-state index is 12.8. The first-order valence-electron chi connectivity index (χ1n) is 7.83. The Kier molecular flexibility index (Phi) is 3.81. The van der Waals surface area contributed by atoms with Crippen LogP contribution >= 0.6 is 0 Å². The number of hydrogen-bond acceptors (Lipinski definition) is 3. The first-order chi connectivity index (χ1) is 10.2. The molecule has 0 aromatic heterocycles. The molecule has 1 aliphatic carbocycles. The van der Waals surface area contributed by atoms with Crippen molar-refractivity contribution in [3.05, 3.63) is 29.8 Å². The molecule has 1 heterocycles. The maximum absolute atomic E-state index is 12.8. The van der Waals surface area contributed by atoms with Crippen LogP contribution in [0.3, 0.4) is 0 Å². The van der Waals surface area contributed by atoms with Crippen molar-refractivity contribution in [1.29, 1.82) is 0 Å². The van der Waals surface area contributed by atoms with Gasteiger partial charge in [-0.2, -0.15) is 0 Å². The van der Waals surface area contributed by atoms with Crippen LogP contribution in [0.2, 0.25) is 0 Å². The lowest BCUT2D eigenvalue weighted by molar-refractivity contribution is -0.125. The second-order valence-electron chi connectivity index (χ2n) is 6.26. The van der Waals surface area contributed by atoms with Crippen LogP contribution in [0.5, 0.6) is 0 Å². The molecule has 2 fully saturated rings. The quantitative estimate of drug-likeness (QED) is 0.864. The minimum Gasteiger partial charge on any atom is -0.330 e. The zero-order valence-electron chi connectivity index (χ0n) is 12.3. The minimum absolute atomic E-state index is 0.0148. The van der Waals surface area contributed by atoms with Crippen LogP contribution in [0.25, 0.3) is 0 Å². The number of amides is 2. The SMILES string of the molecule is NCCCc1cccc(N2C(=O)CC3(CCCC3)C2=O)c1. The van der Waals surface area contributed by atoms with Gasteiger partial charge in [-0.3, -0.25) is 14.5 Å². The van der Waals surface area contributed by atoms with Gasteiger partial charge in [-0.25, -0.2) is 0 Å². The Bertz CT molecular complexity index is 562. The highest BCUT2D eigenvalue weighted by molar-refractivity contribution is 6.22. The molecule has 0 atom stereocenters. The van der Waals surface area contributed by atoms with Crippen LogP contribution in [-0.2, 0) is 16.0 Å². The molecule has 1 saturated heterocycles. The Morgan fingerprint density at radius 3 is 2.67 bits per heavy atom. The predicted molar refractivity (Wildman–Crippen MR) is 81.8 cm³/mol. The van der Waals surface area contributed by atoms with Crippen LogP contribution in [0.4, 0.5) is 5.69 Å². The van der Waals surface area contributed by atoms with E-state index in [1.165, 1.54) is 4.90 Å². The molecule has 0 radical (unpaired) electrons. The summed E-state index contributed by atoms with van der Waals surface area (Å²) < 4.78 is 0. The van der Waals surface area contributed by atoms with Gasteiger partial charge in [0.25, 0.3) is 0 Å². The molecule has 1 saturated carbocycles. The van der Waals surface area contributed by atoms with E-state index in [0.717, 1.165) is 49.8 Å². The number of imide groups is 1. The summed E-state index contributed by atoms with van der Waals surface area (Å²) >= 11 is 0. The van der Waals surface area contributed by atoms with Gasteiger partial charge < -0.3 is 5.73 Å². The summed E-state index contributed by atoms with van der Waals surface area (Å²) in [5, 5.41) is 0. The number of anilines is 1. The van der Waals surface area contributed by atoms with E-state index in [-0.39, 0.29) is 11.8 Å². The molecule has 112 valence electrons. The van der Waals surface area contributed by atoms with Crippen LogP contribution < -0.4 is 10.6 Å². The van der Waals surface area contributed by atoms with E-state index < -0.39 is 5.41 Å². The van der Waals surface area contributed by atoms with Crippen molar-refractivity contribution in [2.45, 2.75) is 44.9 Å². The van der Waals surface area contributed by atoms with Gasteiger partial charge in [-0.05, 0) is 49.9 Å². The first-order valence-corrected chi connectivity index (χ1v) is 7.83. The number of benzene rings is 1. The Balaban J connectivity index is 1.86. The minimum atomic E-state index is -0.398. The lowest BCUT2D eigenvalue weighted by atomic mass is 9.84. The van der Waals surface area contributed by atoms with Crippen molar-refractivity contribution in [2.75, 3.05) is 11.4 Å². The Hall–Kier alpha value is -1.68. The molecule has 2 N–H and O–H groups in total. The lowest BCUT2D eigenvalue weighted by Gasteiger charge is -2.21. The average Bonchev–Trinajstić information content (AvgIpc) is 3.04. The number of hydrogen-bond donors (Lipinski definition) is 1. The number of carbonyl (C=O) groups is 2. The Morgan fingerprint density at radius 2 is 1.95 bits per heavy atom. The second-order valence-corrected chi connectivity index (χ2v) is 6.26. The number of nitrogens with zero attached hydrogens (tertiary/aromatic N) is 1. The number of carbonyl (C=O) groups excluding carboxylic acids is 2. The second kappa shape index (κ2) is 5.60. The summed E-state index contributed by atoms with van der Waals surface area (Å²) in [7, 11) is 0. The summed E-state index contributed by atoms with van der Waals surface area (Å²) in [6.07, 6.45) is 6.02. The summed E-state index contributed by atoms with van der Waals surface area (Å²) in [5.41, 5.74) is 7.00. The number of nitrogens with two attached hydrogens (primary N) is 1. The highest BCUT2D eigenvalue weighted by Gasteiger charge is 2.53. The fraction of sp³-hybridized carbons (Fsp3) is 0.529. The molecule has 2 amide bonds. The zero-order chi connectivity index (χ0) is 14.9. The molecule has 1 aliphatic heterocycles. The van der Waals surface area contributed by atoms with Gasteiger partial charge >= 0.3 is 0 Å². The lowest BCUT2D eigenvalue weighted by Crippen LogP contribution is -2.34. The highest BCUT2D eigenvalue weighted by atomic mass is 16.2. The molecule has 0 bridgehead atoms. The molecular weight excluding hydrogens is 264 g/mol. The predicted octanol–water partition coefficient (Wildman–Crippen LogP) is 2.40. The molecule has 2 aliphatic rings. The van der Waals surface area contributed by atoms with E-state index in [1.807, 2.05) is 24.3 Å². The molecule has 1 aromatic rings. The average molecular weight is 286 g/mol. The van der Waals surface area contributed by atoms with Gasteiger partial charge in [-0.15, -0.1) is 0 Å². The van der Waals surface area contributed by atoms with Crippen molar-refractivity contribution in [2.24, 2.45) is 11.1 Å². The van der Waals surface area contributed by atoms with Crippen LogP contribution in [0, 0.1) is 5.41 Å². The summed E-state index contributed by atoms with van der Waals surface area (Å²) in [6, 6.07) is 7.76. The van der Waals surface area contributed by atoms with E-state index in [4.69, 9.17) is 5.73 Å². The van der Waals surface area contributed by atoms with Crippen molar-refractivity contribution < 1.29 is 9.59 Å². The number of rotatable bonds is 4. The van der Waals surface area contributed by atoms with Crippen molar-refractivity contribution in [3.8, 4) is 0 Å². The van der Waals surface area contributed by atoms with E-state index in [1.54, 1.807) is 0 Å². The van der Waals surface area contributed by atoms with Gasteiger partial charge in [0.05, 0.1) is 11.1 Å². The van der Waals surface area contributed by atoms with Crippen LogP contribution in [0.1, 0.15) is 44.1 Å². The van der Waals surface area contributed by atoms with Crippen LogP contribution in [0.15, 0.2) is 24.3 Å². The third-order valence-electron chi connectivity index (χ3n) is 4.79. The van der Waals surface area contributed by atoms with Gasteiger partial charge in [0.2, 0.25) is 11.8 Å². The third-order valence-corrected chi connectivity index (χ3v) is 4.79. The molecule has 1 aromatic carbocycles. The van der Waals surface area contributed by atoms with Crippen molar-refractivity contribution in [3.63, 3.8) is 0 Å². The normalized spacial score (nSPS) is 20.7. The molecule has 3 rings (SSSR count). The summed E-state index contributed by atoms with van der Waals surface area (Å²) in [6.45, 7) is 0.648. The standard InChI is InChI=1S/C17H22N2O2/c18-10-4-6-13-5-3-7-14(11-13)19-15(20)12-17(16(19)21)8-1-2-9-17/h3,5,7,11H,1-2,4,6,8-10,12,18H2. The fourth-order valence-corrected chi connectivity index (χ4v) is 3.66.